The molecular weight excluding hydrogens is 198 g/mol. The van der Waals surface area contributed by atoms with Crippen molar-refractivity contribution in [3.05, 3.63) is 23.8 Å². The molecule has 1 aromatic rings. The van der Waals surface area contributed by atoms with Gasteiger partial charge in [0.25, 0.3) is 0 Å². The predicted octanol–water partition coefficient (Wildman–Crippen LogP) is 2.18. The maximum Gasteiger partial charge on any atom is 0.0607 e. The van der Waals surface area contributed by atoms with Gasteiger partial charge in [0.15, 0.2) is 0 Å². The van der Waals surface area contributed by atoms with Crippen molar-refractivity contribution < 1.29 is 0 Å². The summed E-state index contributed by atoms with van der Waals surface area (Å²) in [7, 11) is 0. The van der Waals surface area contributed by atoms with Crippen LogP contribution < -0.4 is 16.0 Å². The third kappa shape index (κ3) is 1.76. The summed E-state index contributed by atoms with van der Waals surface area (Å²) in [4.78, 5) is 2.44. The van der Waals surface area contributed by atoms with E-state index < -0.39 is 0 Å². The Bertz CT molecular complexity index is 385. The van der Waals surface area contributed by atoms with Gasteiger partial charge in [-0.1, -0.05) is 6.07 Å². The largest absolute Gasteiger partial charge is 0.381 e. The third-order valence-corrected chi connectivity index (χ3v) is 3.35. The lowest BCUT2D eigenvalue weighted by Gasteiger charge is -2.45. The number of nitrogens with one attached hydrogen (secondary N) is 1. The number of rotatable bonds is 2. The molecule has 0 atom stereocenters. The van der Waals surface area contributed by atoms with Gasteiger partial charge in [0.1, 0.15) is 0 Å². The van der Waals surface area contributed by atoms with E-state index in [0.29, 0.717) is 6.54 Å². The number of hydrogen-bond donors (Lipinski definition) is 2. The van der Waals surface area contributed by atoms with Crippen LogP contribution in [0.25, 0.3) is 0 Å². The summed E-state index contributed by atoms with van der Waals surface area (Å²) < 4.78 is 0. The van der Waals surface area contributed by atoms with Crippen LogP contribution in [0.2, 0.25) is 0 Å². The molecule has 0 saturated carbocycles. The lowest BCUT2D eigenvalue weighted by atomic mass is 9.97. The van der Waals surface area contributed by atoms with Crippen LogP contribution in [-0.2, 0) is 6.54 Å². The molecule has 1 heterocycles. The lowest BCUT2D eigenvalue weighted by Crippen LogP contribution is -2.52. The van der Waals surface area contributed by atoms with Gasteiger partial charge >= 0.3 is 0 Å². The number of hydrogen-bond acceptors (Lipinski definition) is 3. The van der Waals surface area contributed by atoms with Crippen LogP contribution >= 0.6 is 0 Å². The number of anilines is 2. The van der Waals surface area contributed by atoms with Crippen molar-refractivity contribution in [2.24, 2.45) is 5.73 Å². The zero-order valence-corrected chi connectivity index (χ0v) is 10.4. The fourth-order valence-electron chi connectivity index (χ4n) is 2.42. The topological polar surface area (TPSA) is 41.3 Å². The van der Waals surface area contributed by atoms with Gasteiger partial charge < -0.3 is 16.0 Å². The van der Waals surface area contributed by atoms with E-state index in [1.165, 1.54) is 16.9 Å². The van der Waals surface area contributed by atoms with Crippen molar-refractivity contribution in [1.29, 1.82) is 0 Å². The molecule has 0 radical (unpaired) electrons. The van der Waals surface area contributed by atoms with Gasteiger partial charge in [-0.2, -0.15) is 0 Å². The molecule has 0 aliphatic carbocycles. The molecule has 88 valence electrons. The van der Waals surface area contributed by atoms with Crippen LogP contribution in [0.15, 0.2) is 18.2 Å². The van der Waals surface area contributed by atoms with Gasteiger partial charge in [0.05, 0.1) is 16.9 Å². The van der Waals surface area contributed by atoms with Crippen LogP contribution in [0.4, 0.5) is 11.4 Å². The molecule has 1 aromatic carbocycles. The molecule has 0 amide bonds. The number of nitrogens with two attached hydrogens (primary N) is 1. The van der Waals surface area contributed by atoms with Gasteiger partial charge in [0.2, 0.25) is 0 Å². The Labute approximate surface area is 97.6 Å². The minimum atomic E-state index is 0.173. The smallest absolute Gasteiger partial charge is 0.0607 e. The van der Waals surface area contributed by atoms with Gasteiger partial charge in [-0.05, 0) is 38.5 Å². The van der Waals surface area contributed by atoms with Crippen molar-refractivity contribution in [3.63, 3.8) is 0 Å². The first kappa shape index (κ1) is 11.3. The molecule has 3 nitrogen and oxygen atoms in total. The average Bonchev–Trinajstić information content (AvgIpc) is 2.27. The fraction of sp³-hybridized carbons (Fsp3) is 0.538. The zero-order chi connectivity index (χ0) is 11.8. The highest BCUT2D eigenvalue weighted by Crippen LogP contribution is 2.36. The summed E-state index contributed by atoms with van der Waals surface area (Å²) >= 11 is 0. The molecule has 3 N–H and O–H groups in total. The summed E-state index contributed by atoms with van der Waals surface area (Å²) in [5.41, 5.74) is 9.52. The highest BCUT2D eigenvalue weighted by atomic mass is 15.2. The number of nitrogens with zero attached hydrogens (tertiary/aromatic N) is 1. The van der Waals surface area contributed by atoms with E-state index in [-0.39, 0.29) is 5.54 Å². The Kier molecular flexibility index (Phi) is 2.80. The molecule has 0 bridgehead atoms. The molecule has 1 aliphatic rings. The highest BCUT2D eigenvalue weighted by Gasteiger charge is 2.31. The second-order valence-electron chi connectivity index (χ2n) is 4.97. The van der Waals surface area contributed by atoms with Crippen molar-refractivity contribution in [2.45, 2.75) is 32.9 Å². The van der Waals surface area contributed by atoms with Crippen molar-refractivity contribution in [2.75, 3.05) is 23.3 Å². The first-order valence-electron chi connectivity index (χ1n) is 5.93. The van der Waals surface area contributed by atoms with E-state index in [2.05, 4.69) is 49.2 Å². The van der Waals surface area contributed by atoms with Crippen LogP contribution in [0, 0.1) is 0 Å². The number of fused-ring (bicyclic) bond motifs is 1. The fourth-order valence-corrected chi connectivity index (χ4v) is 2.42. The summed E-state index contributed by atoms with van der Waals surface area (Å²) in [5, 5.41) is 3.49. The molecule has 16 heavy (non-hydrogen) atoms. The van der Waals surface area contributed by atoms with Crippen LogP contribution in [0.5, 0.6) is 0 Å². The standard InChI is InChI=1S/C13H21N3/c1-4-16-12-6-5-10(8-14)7-11(12)15-9-13(16,2)3/h5-7,15H,4,8-9,14H2,1-3H3. The van der Waals surface area contributed by atoms with Gasteiger partial charge in [-0.15, -0.1) is 0 Å². The molecule has 0 unspecified atom stereocenters. The van der Waals surface area contributed by atoms with E-state index >= 15 is 0 Å². The molecular formula is C13H21N3. The molecule has 0 fully saturated rings. The van der Waals surface area contributed by atoms with Crippen molar-refractivity contribution in [3.8, 4) is 0 Å². The van der Waals surface area contributed by atoms with Crippen molar-refractivity contribution >= 4 is 11.4 Å². The third-order valence-electron chi connectivity index (χ3n) is 3.35. The summed E-state index contributed by atoms with van der Waals surface area (Å²) in [6.45, 7) is 9.34. The summed E-state index contributed by atoms with van der Waals surface area (Å²) in [6, 6.07) is 6.45. The molecule has 1 aliphatic heterocycles. The molecule has 0 saturated heterocycles. The molecule has 0 aromatic heterocycles. The average molecular weight is 219 g/mol. The summed E-state index contributed by atoms with van der Waals surface area (Å²) in [6.07, 6.45) is 0. The lowest BCUT2D eigenvalue weighted by molar-refractivity contribution is 0.480. The number of benzene rings is 1. The zero-order valence-electron chi connectivity index (χ0n) is 10.4. The predicted molar refractivity (Wildman–Crippen MR) is 69.9 cm³/mol. The Balaban J connectivity index is 2.43. The minimum Gasteiger partial charge on any atom is -0.381 e. The Morgan fingerprint density at radius 1 is 1.44 bits per heavy atom. The van der Waals surface area contributed by atoms with E-state index in [9.17, 15) is 0 Å². The van der Waals surface area contributed by atoms with E-state index in [4.69, 9.17) is 5.73 Å². The van der Waals surface area contributed by atoms with E-state index in [0.717, 1.165) is 13.1 Å². The SMILES string of the molecule is CCN1c2ccc(CN)cc2NCC1(C)C. The molecule has 2 rings (SSSR count). The van der Waals surface area contributed by atoms with Crippen LogP contribution in [0.1, 0.15) is 26.3 Å². The van der Waals surface area contributed by atoms with E-state index in [1.54, 1.807) is 0 Å². The van der Waals surface area contributed by atoms with E-state index in [1.807, 2.05) is 0 Å². The Hall–Kier alpha value is -1.22. The molecule has 0 spiro atoms. The first-order chi connectivity index (χ1) is 7.58. The Morgan fingerprint density at radius 2 is 2.19 bits per heavy atom. The van der Waals surface area contributed by atoms with Gasteiger partial charge in [-0.25, -0.2) is 0 Å². The van der Waals surface area contributed by atoms with Crippen LogP contribution in [0.3, 0.4) is 0 Å². The number of likely N-dealkylation sites (N-methyl/N-ethyl adjacent to an activating group) is 1. The second kappa shape index (κ2) is 3.98. The quantitative estimate of drug-likeness (QED) is 0.801. The normalized spacial score (nSPS) is 17.9. The van der Waals surface area contributed by atoms with Gasteiger partial charge in [-0.3, -0.25) is 0 Å². The monoisotopic (exact) mass is 219 g/mol. The maximum atomic E-state index is 5.66. The maximum absolute atomic E-state index is 5.66. The first-order valence-corrected chi connectivity index (χ1v) is 5.93. The molecule has 3 heteroatoms. The van der Waals surface area contributed by atoms with Crippen molar-refractivity contribution in [1.82, 2.24) is 0 Å². The summed E-state index contributed by atoms with van der Waals surface area (Å²) in [5.74, 6) is 0. The Morgan fingerprint density at radius 3 is 2.81 bits per heavy atom. The minimum absolute atomic E-state index is 0.173. The van der Waals surface area contributed by atoms with Crippen LogP contribution in [-0.4, -0.2) is 18.6 Å². The second-order valence-corrected chi connectivity index (χ2v) is 4.97. The highest BCUT2D eigenvalue weighted by molar-refractivity contribution is 5.74. The van der Waals surface area contributed by atoms with Gasteiger partial charge in [0, 0.05) is 19.6 Å².